The lowest BCUT2D eigenvalue weighted by Gasteiger charge is -2.18. The molecule has 33 heavy (non-hydrogen) atoms. The Morgan fingerprint density at radius 2 is 1.88 bits per heavy atom. The number of hydrogen-bond donors (Lipinski definition) is 3. The van der Waals surface area contributed by atoms with Crippen molar-refractivity contribution < 1.29 is 32.4 Å². The van der Waals surface area contributed by atoms with Gasteiger partial charge in [-0.1, -0.05) is 42.0 Å². The highest BCUT2D eigenvalue weighted by Gasteiger charge is 2.39. The summed E-state index contributed by atoms with van der Waals surface area (Å²) in [7, 11) is 4.15. The number of hydrogen-bond acceptors (Lipinski definition) is 6. The summed E-state index contributed by atoms with van der Waals surface area (Å²) in [5, 5.41) is 20.7. The van der Waals surface area contributed by atoms with Crippen molar-refractivity contribution in [3.63, 3.8) is 0 Å². The number of rotatable bonds is 7. The van der Waals surface area contributed by atoms with Gasteiger partial charge in [0, 0.05) is 14.1 Å². The van der Waals surface area contributed by atoms with Crippen molar-refractivity contribution >= 4 is 23.2 Å². The van der Waals surface area contributed by atoms with Crippen LogP contribution < -0.4 is 15.4 Å². The molecule has 176 valence electrons. The number of nitrogens with zero attached hydrogens (tertiary/aromatic N) is 3. The van der Waals surface area contributed by atoms with E-state index in [0.717, 1.165) is 22.6 Å². The van der Waals surface area contributed by atoms with E-state index in [1.807, 2.05) is 37.3 Å². The molecule has 0 spiro atoms. The molecule has 0 saturated heterocycles. The number of halogens is 3. The van der Waals surface area contributed by atoms with Crippen LogP contribution in [0.2, 0.25) is 0 Å². The van der Waals surface area contributed by atoms with Gasteiger partial charge in [-0.3, -0.25) is 10.1 Å². The van der Waals surface area contributed by atoms with E-state index in [0.29, 0.717) is 6.42 Å². The maximum absolute atomic E-state index is 13.5. The normalized spacial score (nSPS) is 12.3. The molecular formula is C22H25F3N5O3+. The molecular weight excluding hydrogens is 439 g/mol. The molecule has 0 saturated carbocycles. The minimum Gasteiger partial charge on any atom is -0.504 e. The lowest BCUT2D eigenvalue weighted by molar-refractivity contribution is -0.842. The van der Waals surface area contributed by atoms with E-state index in [2.05, 4.69) is 15.8 Å². The molecule has 0 radical (unpaired) electrons. The van der Waals surface area contributed by atoms with Gasteiger partial charge in [-0.25, -0.2) is 0 Å². The topological polar surface area (TPSA) is 94.5 Å². The van der Waals surface area contributed by atoms with Crippen molar-refractivity contribution in [1.82, 2.24) is 10.1 Å². The fourth-order valence-corrected chi connectivity index (χ4v) is 3.34. The van der Waals surface area contributed by atoms with E-state index < -0.39 is 29.0 Å². The second-order valence-corrected chi connectivity index (χ2v) is 7.59. The number of alkyl halides is 3. The quantitative estimate of drug-likeness (QED) is 0.358. The van der Waals surface area contributed by atoms with Gasteiger partial charge in [0.15, 0.2) is 5.75 Å². The first-order valence-electron chi connectivity index (χ1n) is 10.1. The molecule has 0 aliphatic rings. The van der Waals surface area contributed by atoms with Crippen molar-refractivity contribution in [3.8, 4) is 5.75 Å². The van der Waals surface area contributed by atoms with Crippen LogP contribution in [0.1, 0.15) is 40.9 Å². The number of carbonyl (C=O) groups is 1. The number of aryl methyl sites for hydroxylation is 1. The Morgan fingerprint density at radius 1 is 1.21 bits per heavy atom. The average Bonchev–Trinajstić information content (AvgIpc) is 3.11. The third-order valence-electron chi connectivity index (χ3n) is 5.07. The molecule has 3 aromatic rings. The van der Waals surface area contributed by atoms with Crippen molar-refractivity contribution in [2.24, 2.45) is 7.05 Å². The fraction of sp³-hybridized carbons (Fsp3) is 0.318. The molecule has 11 heteroatoms. The van der Waals surface area contributed by atoms with Gasteiger partial charge in [0.1, 0.15) is 10.8 Å². The SMILES string of the molecule is CC[C@@H](Nc1no[n+](C)c1Nc1ccc(C(F)(F)F)c(C(=O)N(C)C)c1O)c1ccccc1. The first-order valence-corrected chi connectivity index (χ1v) is 10.1. The molecule has 0 unspecified atom stereocenters. The van der Waals surface area contributed by atoms with Crippen LogP contribution in [0, 0.1) is 0 Å². The van der Waals surface area contributed by atoms with E-state index in [-0.39, 0.29) is 23.4 Å². The summed E-state index contributed by atoms with van der Waals surface area (Å²) < 4.78 is 46.9. The van der Waals surface area contributed by atoms with Gasteiger partial charge in [-0.15, -0.1) is 4.63 Å². The highest BCUT2D eigenvalue weighted by molar-refractivity contribution is 6.00. The second kappa shape index (κ2) is 9.39. The summed E-state index contributed by atoms with van der Waals surface area (Å²) in [6.07, 6.45) is -4.11. The van der Waals surface area contributed by atoms with Gasteiger partial charge in [-0.05, 0) is 24.1 Å². The summed E-state index contributed by atoms with van der Waals surface area (Å²) in [4.78, 5) is 13.4. The summed E-state index contributed by atoms with van der Waals surface area (Å²) >= 11 is 0. The van der Waals surface area contributed by atoms with E-state index in [1.54, 1.807) is 0 Å². The molecule has 3 rings (SSSR count). The molecule has 2 aromatic carbocycles. The highest BCUT2D eigenvalue weighted by atomic mass is 19.4. The smallest absolute Gasteiger partial charge is 0.417 e. The zero-order chi connectivity index (χ0) is 24.3. The third-order valence-corrected chi connectivity index (χ3v) is 5.07. The Morgan fingerprint density at radius 3 is 2.45 bits per heavy atom. The maximum atomic E-state index is 13.5. The van der Waals surface area contributed by atoms with Gasteiger partial charge >= 0.3 is 17.8 Å². The number of aromatic hydroxyl groups is 1. The average molecular weight is 464 g/mol. The standard InChI is InChI=1S/C22H24F3N5O3/c1-5-15(13-9-7-6-8-10-13)26-19-20(30(4)33-28-19)27-16-12-11-14(22(23,24)25)17(18(16)31)21(32)29(2)3/h6-12,15H,5H2,1-4H3,(H2,26,28,31,32)/p+1/t15-/m1/s1. The number of phenols is 1. The Kier molecular flexibility index (Phi) is 6.80. The Balaban J connectivity index is 2.00. The number of carbonyl (C=O) groups excluding carboxylic acids is 1. The number of nitrogens with one attached hydrogen (secondary N) is 2. The van der Waals surface area contributed by atoms with Crippen LogP contribution in [-0.4, -0.2) is 35.2 Å². The Hall–Kier alpha value is -3.76. The van der Waals surface area contributed by atoms with Crippen molar-refractivity contribution in [2.45, 2.75) is 25.6 Å². The Bertz CT molecular complexity index is 1130. The monoisotopic (exact) mass is 464 g/mol. The molecule has 1 aromatic heterocycles. The van der Waals surface area contributed by atoms with Gasteiger partial charge in [-0.2, -0.15) is 13.2 Å². The van der Waals surface area contributed by atoms with Crippen LogP contribution in [0.5, 0.6) is 5.75 Å². The molecule has 1 heterocycles. The molecule has 0 fully saturated rings. The predicted octanol–water partition coefficient (Wildman–Crippen LogP) is 4.23. The Labute approximate surface area is 188 Å². The molecule has 8 nitrogen and oxygen atoms in total. The van der Waals surface area contributed by atoms with E-state index in [4.69, 9.17) is 4.63 Å². The predicted molar refractivity (Wildman–Crippen MR) is 115 cm³/mol. The molecule has 1 atom stereocenters. The van der Waals surface area contributed by atoms with Gasteiger partial charge in [0.05, 0.1) is 24.2 Å². The summed E-state index contributed by atoms with van der Waals surface area (Å²) in [6.45, 7) is 1.98. The number of anilines is 3. The van der Waals surface area contributed by atoms with E-state index in [1.165, 1.54) is 25.9 Å². The largest absolute Gasteiger partial charge is 0.504 e. The van der Waals surface area contributed by atoms with Crippen LogP contribution in [0.15, 0.2) is 47.1 Å². The van der Waals surface area contributed by atoms with Crippen LogP contribution in [0.25, 0.3) is 0 Å². The van der Waals surface area contributed by atoms with E-state index >= 15 is 0 Å². The van der Waals surface area contributed by atoms with Crippen molar-refractivity contribution in [1.29, 1.82) is 0 Å². The maximum Gasteiger partial charge on any atom is 0.417 e. The molecule has 3 N–H and O–H groups in total. The van der Waals surface area contributed by atoms with Crippen molar-refractivity contribution in [3.05, 3.63) is 59.2 Å². The molecule has 1 amide bonds. The third kappa shape index (κ3) is 5.02. The number of phenolic OH excluding ortho intramolecular Hbond substituents is 1. The lowest BCUT2D eigenvalue weighted by Crippen LogP contribution is -2.29. The minimum absolute atomic E-state index is 0.109. The minimum atomic E-state index is -4.82. The molecule has 0 aliphatic heterocycles. The summed E-state index contributed by atoms with van der Waals surface area (Å²) in [6, 6.07) is 11.3. The summed E-state index contributed by atoms with van der Waals surface area (Å²) in [5.41, 5.74) is -1.18. The fourth-order valence-electron chi connectivity index (χ4n) is 3.34. The number of amides is 1. The zero-order valence-electron chi connectivity index (χ0n) is 18.6. The van der Waals surface area contributed by atoms with Crippen LogP contribution >= 0.6 is 0 Å². The first-order chi connectivity index (χ1) is 15.5. The van der Waals surface area contributed by atoms with E-state index in [9.17, 15) is 23.1 Å². The number of aromatic nitrogens is 2. The summed E-state index contributed by atoms with van der Waals surface area (Å²) in [5.74, 6) is -1.27. The lowest BCUT2D eigenvalue weighted by atomic mass is 10.0. The highest BCUT2D eigenvalue weighted by Crippen LogP contribution is 2.41. The second-order valence-electron chi connectivity index (χ2n) is 7.59. The zero-order valence-corrected chi connectivity index (χ0v) is 18.6. The van der Waals surface area contributed by atoms with Crippen LogP contribution in [-0.2, 0) is 13.2 Å². The molecule has 0 bridgehead atoms. The first kappa shape index (κ1) is 23.9. The van der Waals surface area contributed by atoms with Crippen LogP contribution in [0.4, 0.5) is 30.5 Å². The van der Waals surface area contributed by atoms with Crippen molar-refractivity contribution in [2.75, 3.05) is 24.7 Å². The molecule has 0 aliphatic carbocycles. The van der Waals surface area contributed by atoms with Gasteiger partial charge in [0.2, 0.25) is 0 Å². The van der Waals surface area contributed by atoms with Gasteiger partial charge in [0.25, 0.3) is 5.91 Å². The van der Waals surface area contributed by atoms with Crippen LogP contribution in [0.3, 0.4) is 0 Å². The number of benzene rings is 2. The van der Waals surface area contributed by atoms with Gasteiger partial charge < -0.3 is 15.3 Å².